The molecule has 3 heteroatoms. The van der Waals surface area contributed by atoms with E-state index in [-0.39, 0.29) is 5.12 Å². The molecule has 2 heterocycles. The van der Waals surface area contributed by atoms with Gasteiger partial charge in [-0.25, -0.2) is 0 Å². The Morgan fingerprint density at radius 2 is 2.25 bits per heavy atom. The highest BCUT2D eigenvalue weighted by atomic mass is 32.2. The summed E-state index contributed by atoms with van der Waals surface area (Å²) in [5, 5.41) is 0.191. The zero-order chi connectivity index (χ0) is 8.55. The SMILES string of the molecule is Cc1ccc(C2=CC(=O)SC2)s1. The summed E-state index contributed by atoms with van der Waals surface area (Å²) < 4.78 is 0. The number of carbonyl (C=O) groups is 1. The van der Waals surface area contributed by atoms with Crippen LogP contribution >= 0.6 is 23.1 Å². The summed E-state index contributed by atoms with van der Waals surface area (Å²) in [6.45, 7) is 2.08. The van der Waals surface area contributed by atoms with E-state index in [1.54, 1.807) is 17.4 Å². The maximum Gasteiger partial charge on any atom is 0.212 e. The lowest BCUT2D eigenvalue weighted by atomic mass is 10.2. The molecule has 0 bridgehead atoms. The predicted molar refractivity (Wildman–Crippen MR) is 54.5 cm³/mol. The minimum absolute atomic E-state index is 0.191. The monoisotopic (exact) mass is 196 g/mol. The van der Waals surface area contributed by atoms with Gasteiger partial charge in [0.25, 0.3) is 0 Å². The van der Waals surface area contributed by atoms with Gasteiger partial charge in [0.05, 0.1) is 0 Å². The van der Waals surface area contributed by atoms with E-state index in [9.17, 15) is 4.79 Å². The van der Waals surface area contributed by atoms with Gasteiger partial charge in [-0.15, -0.1) is 11.3 Å². The minimum atomic E-state index is 0.191. The average molecular weight is 196 g/mol. The van der Waals surface area contributed by atoms with Crippen LogP contribution in [0.2, 0.25) is 0 Å². The Labute approximate surface area is 79.5 Å². The van der Waals surface area contributed by atoms with Crippen molar-refractivity contribution in [1.29, 1.82) is 0 Å². The second-order valence-corrected chi connectivity index (χ2v) is 4.96. The summed E-state index contributed by atoms with van der Waals surface area (Å²) in [5.74, 6) is 0.846. The molecule has 1 aromatic heterocycles. The minimum Gasteiger partial charge on any atom is -0.282 e. The molecule has 0 saturated carbocycles. The van der Waals surface area contributed by atoms with E-state index < -0.39 is 0 Å². The van der Waals surface area contributed by atoms with Crippen LogP contribution in [0, 0.1) is 6.92 Å². The van der Waals surface area contributed by atoms with Crippen molar-refractivity contribution < 1.29 is 4.79 Å². The first-order valence-electron chi connectivity index (χ1n) is 3.70. The van der Waals surface area contributed by atoms with Crippen molar-refractivity contribution in [2.75, 3.05) is 5.75 Å². The summed E-state index contributed by atoms with van der Waals surface area (Å²) in [6, 6.07) is 4.18. The van der Waals surface area contributed by atoms with Crippen molar-refractivity contribution in [3.63, 3.8) is 0 Å². The molecular formula is C9H8OS2. The lowest BCUT2D eigenvalue weighted by molar-refractivity contribution is -0.106. The highest BCUT2D eigenvalue weighted by molar-refractivity contribution is 8.14. The smallest absolute Gasteiger partial charge is 0.212 e. The van der Waals surface area contributed by atoms with Crippen molar-refractivity contribution in [1.82, 2.24) is 0 Å². The molecule has 0 N–H and O–H groups in total. The van der Waals surface area contributed by atoms with E-state index >= 15 is 0 Å². The highest BCUT2D eigenvalue weighted by Crippen LogP contribution is 2.31. The first-order valence-corrected chi connectivity index (χ1v) is 5.50. The molecule has 0 fully saturated rings. The van der Waals surface area contributed by atoms with Crippen molar-refractivity contribution in [2.45, 2.75) is 6.92 Å². The van der Waals surface area contributed by atoms with Crippen molar-refractivity contribution in [3.8, 4) is 0 Å². The van der Waals surface area contributed by atoms with Gasteiger partial charge in [-0.05, 0) is 30.7 Å². The average Bonchev–Trinajstić information content (AvgIpc) is 2.58. The second-order valence-electron chi connectivity index (χ2n) is 2.69. The molecular weight excluding hydrogens is 188 g/mol. The number of thioether (sulfide) groups is 1. The van der Waals surface area contributed by atoms with Crippen LogP contribution in [0.25, 0.3) is 5.57 Å². The Kier molecular flexibility index (Phi) is 2.07. The van der Waals surface area contributed by atoms with Crippen molar-refractivity contribution in [2.24, 2.45) is 0 Å². The molecule has 0 atom stereocenters. The van der Waals surface area contributed by atoms with Gasteiger partial charge < -0.3 is 0 Å². The molecule has 0 amide bonds. The number of carbonyl (C=O) groups excluding carboxylic acids is 1. The Morgan fingerprint density at radius 1 is 1.42 bits per heavy atom. The van der Waals surface area contributed by atoms with Gasteiger partial charge in [-0.2, -0.15) is 0 Å². The first-order chi connectivity index (χ1) is 5.75. The summed E-state index contributed by atoms with van der Waals surface area (Å²) in [7, 11) is 0. The first kappa shape index (κ1) is 8.08. The lowest BCUT2D eigenvalue weighted by Gasteiger charge is -1.92. The van der Waals surface area contributed by atoms with Crippen LogP contribution in [0.1, 0.15) is 9.75 Å². The maximum absolute atomic E-state index is 10.9. The Hall–Kier alpha value is -0.540. The zero-order valence-electron chi connectivity index (χ0n) is 6.66. The van der Waals surface area contributed by atoms with Gasteiger partial charge in [0.1, 0.15) is 0 Å². The molecule has 1 aromatic rings. The van der Waals surface area contributed by atoms with Gasteiger partial charge in [0.2, 0.25) is 5.12 Å². The number of rotatable bonds is 1. The zero-order valence-corrected chi connectivity index (χ0v) is 8.30. The molecule has 12 heavy (non-hydrogen) atoms. The summed E-state index contributed by atoms with van der Waals surface area (Å²) in [6.07, 6.45) is 1.75. The van der Waals surface area contributed by atoms with Crippen LogP contribution in [-0.4, -0.2) is 10.9 Å². The fourth-order valence-corrected chi connectivity index (χ4v) is 2.86. The van der Waals surface area contributed by atoms with Crippen LogP contribution in [0.3, 0.4) is 0 Å². The van der Waals surface area contributed by atoms with Crippen molar-refractivity contribution >= 4 is 33.8 Å². The third-order valence-electron chi connectivity index (χ3n) is 1.72. The quantitative estimate of drug-likeness (QED) is 0.687. The number of hydrogen-bond acceptors (Lipinski definition) is 3. The standard InChI is InChI=1S/C9H8OS2/c1-6-2-3-8(12-6)7-4-9(10)11-5-7/h2-4H,5H2,1H3. The molecule has 62 valence electrons. The van der Waals surface area contributed by atoms with Gasteiger partial charge in [-0.1, -0.05) is 11.8 Å². The van der Waals surface area contributed by atoms with E-state index in [0.29, 0.717) is 0 Å². The predicted octanol–water partition coefficient (Wildman–Crippen LogP) is 2.71. The Bertz CT molecular complexity index is 349. The van der Waals surface area contributed by atoms with Crippen LogP contribution in [0.4, 0.5) is 0 Å². The van der Waals surface area contributed by atoms with Crippen LogP contribution in [-0.2, 0) is 4.79 Å². The van der Waals surface area contributed by atoms with E-state index in [1.807, 2.05) is 0 Å². The second kappa shape index (κ2) is 3.07. The maximum atomic E-state index is 10.9. The van der Waals surface area contributed by atoms with E-state index in [4.69, 9.17) is 0 Å². The topological polar surface area (TPSA) is 17.1 Å². The lowest BCUT2D eigenvalue weighted by Crippen LogP contribution is -1.75. The van der Waals surface area contributed by atoms with Crippen molar-refractivity contribution in [3.05, 3.63) is 28.0 Å². The molecule has 0 aliphatic carbocycles. The van der Waals surface area contributed by atoms with E-state index in [0.717, 1.165) is 5.75 Å². The fourth-order valence-electron chi connectivity index (χ4n) is 1.12. The van der Waals surface area contributed by atoms with E-state index in [2.05, 4.69) is 19.1 Å². The molecule has 1 aliphatic rings. The molecule has 0 unspecified atom stereocenters. The largest absolute Gasteiger partial charge is 0.282 e. The summed E-state index contributed by atoms with van der Waals surface area (Å²) in [5.41, 5.74) is 1.18. The van der Waals surface area contributed by atoms with Gasteiger partial charge in [0.15, 0.2) is 0 Å². The van der Waals surface area contributed by atoms with E-state index in [1.165, 1.54) is 27.1 Å². The third kappa shape index (κ3) is 1.47. The Morgan fingerprint density at radius 3 is 2.75 bits per heavy atom. The molecule has 1 aliphatic heterocycles. The van der Waals surface area contributed by atoms with Gasteiger partial charge >= 0.3 is 0 Å². The fraction of sp³-hybridized carbons (Fsp3) is 0.222. The number of hydrogen-bond donors (Lipinski definition) is 0. The normalized spacial score (nSPS) is 16.8. The number of thiophene rings is 1. The van der Waals surface area contributed by atoms with Crippen LogP contribution in [0.15, 0.2) is 18.2 Å². The molecule has 0 radical (unpaired) electrons. The molecule has 0 spiro atoms. The Balaban J connectivity index is 2.32. The number of aryl methyl sites for hydroxylation is 1. The highest BCUT2D eigenvalue weighted by Gasteiger charge is 2.14. The molecule has 2 rings (SSSR count). The third-order valence-corrected chi connectivity index (χ3v) is 3.65. The van der Waals surface area contributed by atoms with Gasteiger partial charge in [-0.3, -0.25) is 4.79 Å². The van der Waals surface area contributed by atoms with Crippen LogP contribution in [0.5, 0.6) is 0 Å². The molecule has 0 saturated heterocycles. The summed E-state index contributed by atoms with van der Waals surface area (Å²) >= 11 is 3.14. The van der Waals surface area contributed by atoms with Gasteiger partial charge in [0, 0.05) is 15.5 Å². The van der Waals surface area contributed by atoms with Crippen LogP contribution < -0.4 is 0 Å². The molecule has 1 nitrogen and oxygen atoms in total. The summed E-state index contributed by atoms with van der Waals surface area (Å²) in [4.78, 5) is 13.5. The molecule has 0 aromatic carbocycles.